The summed E-state index contributed by atoms with van der Waals surface area (Å²) >= 11 is 0. The van der Waals surface area contributed by atoms with Gasteiger partial charge < -0.3 is 4.74 Å². The monoisotopic (exact) mass is 290 g/mol. The lowest BCUT2D eigenvalue weighted by molar-refractivity contribution is 0.102. The van der Waals surface area contributed by atoms with Gasteiger partial charge >= 0.3 is 0 Å². The maximum atomic E-state index is 14.1. The fraction of sp³-hybridized carbons (Fsp3) is 0.235. The first-order chi connectivity index (χ1) is 9.88. The minimum Gasteiger partial charge on any atom is -0.496 e. The molecule has 0 saturated carbocycles. The standard InChI is InChI=1S/C17H16F2O2/c1-9-5-7-12(17(21-4)11(9)3)16(20)14-13(18)8-6-10(2)15(14)19/h5-8H,1-4H3. The molecule has 2 nitrogen and oxygen atoms in total. The Kier molecular flexibility index (Phi) is 4.07. The summed E-state index contributed by atoms with van der Waals surface area (Å²) in [4.78, 5) is 12.5. The Morgan fingerprint density at radius 2 is 1.62 bits per heavy atom. The summed E-state index contributed by atoms with van der Waals surface area (Å²) in [7, 11) is 1.43. The highest BCUT2D eigenvalue weighted by Gasteiger charge is 2.24. The number of carbonyl (C=O) groups excluding carboxylic acids is 1. The first-order valence-electron chi connectivity index (χ1n) is 6.52. The molecule has 0 N–H and O–H groups in total. The summed E-state index contributed by atoms with van der Waals surface area (Å²) in [5.41, 5.74) is 1.55. The Hall–Kier alpha value is -2.23. The molecule has 0 aliphatic rings. The number of halogens is 2. The molecule has 110 valence electrons. The average Bonchev–Trinajstić information content (AvgIpc) is 2.46. The van der Waals surface area contributed by atoms with Gasteiger partial charge in [0.25, 0.3) is 0 Å². The molecule has 2 aromatic carbocycles. The van der Waals surface area contributed by atoms with Crippen LogP contribution >= 0.6 is 0 Å². The molecule has 0 atom stereocenters. The second-order valence-electron chi connectivity index (χ2n) is 4.97. The van der Waals surface area contributed by atoms with Crippen LogP contribution < -0.4 is 4.74 Å². The van der Waals surface area contributed by atoms with E-state index in [2.05, 4.69) is 0 Å². The molecule has 0 fully saturated rings. The van der Waals surface area contributed by atoms with Gasteiger partial charge in [-0.3, -0.25) is 4.79 Å². The number of ketones is 1. The Bertz CT molecular complexity index is 721. The Morgan fingerprint density at radius 1 is 1.00 bits per heavy atom. The maximum Gasteiger partial charge on any atom is 0.202 e. The van der Waals surface area contributed by atoms with Crippen molar-refractivity contribution in [3.05, 3.63) is 63.7 Å². The number of aryl methyl sites for hydroxylation is 2. The number of rotatable bonds is 3. The smallest absolute Gasteiger partial charge is 0.202 e. The van der Waals surface area contributed by atoms with Gasteiger partial charge in [-0.15, -0.1) is 0 Å². The van der Waals surface area contributed by atoms with E-state index < -0.39 is 23.0 Å². The molecule has 21 heavy (non-hydrogen) atoms. The minimum atomic E-state index is -0.872. The summed E-state index contributed by atoms with van der Waals surface area (Å²) in [6.07, 6.45) is 0. The minimum absolute atomic E-state index is 0.156. The molecular weight excluding hydrogens is 274 g/mol. The van der Waals surface area contributed by atoms with E-state index in [0.717, 1.165) is 17.2 Å². The molecule has 0 amide bonds. The van der Waals surface area contributed by atoms with Gasteiger partial charge in [-0.1, -0.05) is 12.1 Å². The van der Waals surface area contributed by atoms with Crippen molar-refractivity contribution in [2.75, 3.05) is 7.11 Å². The summed E-state index contributed by atoms with van der Waals surface area (Å²) in [6, 6.07) is 5.67. The third-order valence-corrected chi connectivity index (χ3v) is 3.64. The zero-order chi connectivity index (χ0) is 15.7. The number of hydrogen-bond donors (Lipinski definition) is 0. The van der Waals surface area contributed by atoms with Crippen LogP contribution in [0.15, 0.2) is 24.3 Å². The van der Waals surface area contributed by atoms with Crippen LogP contribution in [0.1, 0.15) is 32.6 Å². The van der Waals surface area contributed by atoms with Crippen LogP contribution in [-0.4, -0.2) is 12.9 Å². The van der Waals surface area contributed by atoms with Crippen molar-refractivity contribution in [2.24, 2.45) is 0 Å². The van der Waals surface area contributed by atoms with Crippen molar-refractivity contribution in [1.82, 2.24) is 0 Å². The predicted octanol–water partition coefficient (Wildman–Crippen LogP) is 4.13. The lowest BCUT2D eigenvalue weighted by Crippen LogP contribution is -2.11. The maximum absolute atomic E-state index is 14.1. The zero-order valence-corrected chi connectivity index (χ0v) is 12.4. The van der Waals surface area contributed by atoms with Crippen LogP contribution in [0.4, 0.5) is 8.78 Å². The lowest BCUT2D eigenvalue weighted by atomic mass is 9.96. The topological polar surface area (TPSA) is 26.3 Å². The van der Waals surface area contributed by atoms with Crippen LogP contribution in [-0.2, 0) is 0 Å². The van der Waals surface area contributed by atoms with E-state index in [1.54, 1.807) is 13.0 Å². The molecule has 0 aromatic heterocycles. The average molecular weight is 290 g/mol. The summed E-state index contributed by atoms with van der Waals surface area (Å²) in [6.45, 7) is 5.16. The molecule has 0 aliphatic carbocycles. The summed E-state index contributed by atoms with van der Waals surface area (Å²) in [5, 5.41) is 0. The zero-order valence-electron chi connectivity index (χ0n) is 12.4. The van der Waals surface area contributed by atoms with Crippen molar-refractivity contribution >= 4 is 5.78 Å². The molecule has 0 spiro atoms. The Balaban J connectivity index is 2.67. The predicted molar refractivity (Wildman–Crippen MR) is 77.0 cm³/mol. The molecule has 0 unspecified atom stereocenters. The number of methoxy groups -OCH3 is 1. The number of carbonyl (C=O) groups is 1. The molecule has 0 aliphatic heterocycles. The fourth-order valence-electron chi connectivity index (χ4n) is 2.23. The van der Waals surface area contributed by atoms with Crippen molar-refractivity contribution in [3.63, 3.8) is 0 Å². The number of ether oxygens (including phenoxy) is 1. The van der Waals surface area contributed by atoms with Gasteiger partial charge in [0.15, 0.2) is 0 Å². The van der Waals surface area contributed by atoms with Crippen LogP contribution in [0.25, 0.3) is 0 Å². The van der Waals surface area contributed by atoms with Gasteiger partial charge in [-0.25, -0.2) is 8.78 Å². The van der Waals surface area contributed by atoms with Crippen molar-refractivity contribution in [2.45, 2.75) is 20.8 Å². The molecular formula is C17H16F2O2. The van der Waals surface area contributed by atoms with Crippen molar-refractivity contribution in [3.8, 4) is 5.75 Å². The molecule has 0 saturated heterocycles. The number of hydrogen-bond acceptors (Lipinski definition) is 2. The summed E-state index contributed by atoms with van der Waals surface area (Å²) < 4.78 is 33.2. The highest BCUT2D eigenvalue weighted by Crippen LogP contribution is 2.30. The summed E-state index contributed by atoms with van der Waals surface area (Å²) in [5.74, 6) is -2.07. The third kappa shape index (κ3) is 2.53. The van der Waals surface area contributed by atoms with Crippen LogP contribution in [0.3, 0.4) is 0 Å². The molecule has 0 bridgehead atoms. The van der Waals surface area contributed by atoms with E-state index in [1.165, 1.54) is 26.2 Å². The van der Waals surface area contributed by atoms with Crippen LogP contribution in [0.5, 0.6) is 5.75 Å². The highest BCUT2D eigenvalue weighted by molar-refractivity contribution is 6.11. The van der Waals surface area contributed by atoms with Gasteiger partial charge in [0.2, 0.25) is 5.78 Å². The second-order valence-corrected chi connectivity index (χ2v) is 4.97. The number of benzene rings is 2. The largest absolute Gasteiger partial charge is 0.496 e. The molecule has 2 aromatic rings. The second kappa shape index (κ2) is 5.64. The molecule has 4 heteroatoms. The Labute approximate surface area is 122 Å². The van der Waals surface area contributed by atoms with Gasteiger partial charge in [-0.05, 0) is 49.6 Å². The van der Waals surface area contributed by atoms with E-state index in [0.29, 0.717) is 5.75 Å². The fourth-order valence-corrected chi connectivity index (χ4v) is 2.23. The molecule has 0 radical (unpaired) electrons. The van der Waals surface area contributed by atoms with Gasteiger partial charge in [0.1, 0.15) is 17.4 Å². The van der Waals surface area contributed by atoms with E-state index in [-0.39, 0.29) is 11.1 Å². The van der Waals surface area contributed by atoms with E-state index in [9.17, 15) is 13.6 Å². The SMILES string of the molecule is COc1c(C(=O)c2c(F)ccc(C)c2F)ccc(C)c1C. The third-order valence-electron chi connectivity index (χ3n) is 3.64. The van der Waals surface area contributed by atoms with E-state index in [1.807, 2.05) is 6.92 Å². The normalized spacial score (nSPS) is 10.6. The first-order valence-corrected chi connectivity index (χ1v) is 6.52. The van der Waals surface area contributed by atoms with Gasteiger partial charge in [0.05, 0.1) is 18.2 Å². The van der Waals surface area contributed by atoms with E-state index in [4.69, 9.17) is 4.74 Å². The molecule has 0 heterocycles. The van der Waals surface area contributed by atoms with Crippen molar-refractivity contribution in [1.29, 1.82) is 0 Å². The molecule has 2 rings (SSSR count). The first kappa shape index (κ1) is 15.2. The van der Waals surface area contributed by atoms with Crippen molar-refractivity contribution < 1.29 is 18.3 Å². The van der Waals surface area contributed by atoms with Crippen LogP contribution in [0, 0.1) is 32.4 Å². The Morgan fingerprint density at radius 3 is 2.24 bits per heavy atom. The van der Waals surface area contributed by atoms with Gasteiger partial charge in [-0.2, -0.15) is 0 Å². The lowest BCUT2D eigenvalue weighted by Gasteiger charge is -2.14. The van der Waals surface area contributed by atoms with Gasteiger partial charge in [0, 0.05) is 0 Å². The quantitative estimate of drug-likeness (QED) is 0.794. The van der Waals surface area contributed by atoms with Crippen LogP contribution in [0.2, 0.25) is 0 Å². The highest BCUT2D eigenvalue weighted by atomic mass is 19.1. The van der Waals surface area contributed by atoms with E-state index >= 15 is 0 Å².